The molecule has 8 heteroatoms. The predicted molar refractivity (Wildman–Crippen MR) is 120 cm³/mol. The predicted octanol–water partition coefficient (Wildman–Crippen LogP) is 4.63. The van der Waals surface area contributed by atoms with Crippen LogP contribution < -0.4 is 5.32 Å². The van der Waals surface area contributed by atoms with E-state index in [1.54, 1.807) is 6.07 Å². The molecule has 0 aliphatic rings. The number of ketones is 1. The van der Waals surface area contributed by atoms with Crippen molar-refractivity contribution < 1.29 is 9.59 Å². The highest BCUT2D eigenvalue weighted by atomic mass is 35.5. The van der Waals surface area contributed by atoms with Gasteiger partial charge >= 0.3 is 0 Å². The summed E-state index contributed by atoms with van der Waals surface area (Å²) < 4.78 is 1.82. The van der Waals surface area contributed by atoms with E-state index in [1.165, 1.54) is 11.8 Å². The van der Waals surface area contributed by atoms with Crippen LogP contribution in [0.5, 0.6) is 0 Å². The van der Waals surface area contributed by atoms with Gasteiger partial charge in [-0.15, -0.1) is 10.2 Å². The van der Waals surface area contributed by atoms with Crippen LogP contribution in [0.4, 0.5) is 5.69 Å². The Morgan fingerprint density at radius 1 is 1.10 bits per heavy atom. The van der Waals surface area contributed by atoms with Crippen LogP contribution in [-0.2, 0) is 18.3 Å². The summed E-state index contributed by atoms with van der Waals surface area (Å²) in [5.41, 5.74) is 3.43. The maximum absolute atomic E-state index is 12.3. The van der Waals surface area contributed by atoms with Gasteiger partial charge in [0.25, 0.3) is 0 Å². The van der Waals surface area contributed by atoms with Gasteiger partial charge in [-0.2, -0.15) is 0 Å². The van der Waals surface area contributed by atoms with Crippen molar-refractivity contribution in [3.8, 4) is 0 Å². The van der Waals surface area contributed by atoms with Gasteiger partial charge in [0.05, 0.1) is 5.75 Å². The highest BCUT2D eigenvalue weighted by Crippen LogP contribution is 2.21. The van der Waals surface area contributed by atoms with Gasteiger partial charge in [-0.25, -0.2) is 0 Å². The Labute approximate surface area is 185 Å². The highest BCUT2D eigenvalue weighted by molar-refractivity contribution is 7.99. The summed E-state index contributed by atoms with van der Waals surface area (Å²) in [5, 5.41) is 12.4. The SMILES string of the molecule is Cc1ccc(C(=O)CSc2nnc(CCC(=O)Nc3ccc(C)c(Cl)c3)n2C)cc1. The van der Waals surface area contributed by atoms with Crippen LogP contribution in [0.2, 0.25) is 5.02 Å². The third-order valence-electron chi connectivity index (χ3n) is 4.66. The van der Waals surface area contributed by atoms with Crippen molar-refractivity contribution in [3.05, 3.63) is 70.0 Å². The fraction of sp³-hybridized carbons (Fsp3) is 0.273. The van der Waals surface area contributed by atoms with Crippen molar-refractivity contribution in [2.75, 3.05) is 11.1 Å². The molecule has 0 bridgehead atoms. The molecule has 0 saturated carbocycles. The Morgan fingerprint density at radius 3 is 2.53 bits per heavy atom. The molecule has 1 heterocycles. The molecule has 1 N–H and O–H groups in total. The van der Waals surface area contributed by atoms with Crippen molar-refractivity contribution in [2.24, 2.45) is 7.05 Å². The lowest BCUT2D eigenvalue weighted by Crippen LogP contribution is -2.13. The molecule has 0 spiro atoms. The highest BCUT2D eigenvalue weighted by Gasteiger charge is 2.14. The number of aryl methyl sites for hydroxylation is 3. The first-order chi connectivity index (χ1) is 14.3. The molecular weight excluding hydrogens is 420 g/mol. The number of carbonyl (C=O) groups excluding carboxylic acids is 2. The number of nitrogens with one attached hydrogen (secondary N) is 1. The van der Waals surface area contributed by atoms with E-state index in [4.69, 9.17) is 11.6 Å². The second-order valence-electron chi connectivity index (χ2n) is 7.05. The smallest absolute Gasteiger partial charge is 0.224 e. The number of aromatic nitrogens is 3. The number of benzene rings is 2. The molecule has 0 radical (unpaired) electrons. The lowest BCUT2D eigenvalue weighted by atomic mass is 10.1. The van der Waals surface area contributed by atoms with E-state index in [9.17, 15) is 9.59 Å². The average Bonchev–Trinajstić information content (AvgIpc) is 3.07. The molecule has 30 heavy (non-hydrogen) atoms. The van der Waals surface area contributed by atoms with Crippen LogP contribution in [0.25, 0.3) is 0 Å². The third kappa shape index (κ3) is 5.70. The standard InChI is InChI=1S/C22H23ClN4O2S/c1-14-4-7-16(8-5-14)19(28)13-30-22-26-25-20(27(22)3)10-11-21(29)24-17-9-6-15(2)18(23)12-17/h4-9,12H,10-11,13H2,1-3H3,(H,24,29). The Bertz CT molecular complexity index is 1060. The molecule has 156 valence electrons. The number of amides is 1. The molecule has 0 saturated heterocycles. The molecule has 3 rings (SSSR count). The van der Waals surface area contributed by atoms with Gasteiger partial charge in [0.2, 0.25) is 5.91 Å². The average molecular weight is 443 g/mol. The molecule has 1 amide bonds. The molecule has 2 aromatic carbocycles. The second kappa shape index (κ2) is 9.91. The van der Waals surface area contributed by atoms with Crippen LogP contribution in [0.3, 0.4) is 0 Å². The second-order valence-corrected chi connectivity index (χ2v) is 8.40. The van der Waals surface area contributed by atoms with Crippen LogP contribution in [0.1, 0.15) is 33.7 Å². The summed E-state index contributed by atoms with van der Waals surface area (Å²) in [7, 11) is 1.84. The molecule has 6 nitrogen and oxygen atoms in total. The van der Waals surface area contributed by atoms with Crippen LogP contribution in [0.15, 0.2) is 47.6 Å². The van der Waals surface area contributed by atoms with E-state index in [0.717, 1.165) is 11.1 Å². The lowest BCUT2D eigenvalue weighted by Gasteiger charge is -2.07. The first kappa shape index (κ1) is 22.1. The number of Topliss-reactive ketones (excluding diaryl/α,β-unsaturated/α-hetero) is 1. The number of halogens is 1. The maximum Gasteiger partial charge on any atom is 0.224 e. The minimum absolute atomic E-state index is 0.0423. The number of anilines is 1. The zero-order valence-electron chi connectivity index (χ0n) is 17.1. The Morgan fingerprint density at radius 2 is 1.83 bits per heavy atom. The summed E-state index contributed by atoms with van der Waals surface area (Å²) in [6.45, 7) is 3.90. The van der Waals surface area contributed by atoms with Crippen molar-refractivity contribution in [2.45, 2.75) is 31.8 Å². The largest absolute Gasteiger partial charge is 0.326 e. The summed E-state index contributed by atoms with van der Waals surface area (Å²) in [6, 6.07) is 12.9. The van der Waals surface area contributed by atoms with Crippen molar-refractivity contribution in [1.29, 1.82) is 0 Å². The topological polar surface area (TPSA) is 76.9 Å². The molecule has 0 aliphatic carbocycles. The Hall–Kier alpha value is -2.64. The molecule has 3 aromatic rings. The van der Waals surface area contributed by atoms with Crippen LogP contribution in [0, 0.1) is 13.8 Å². The quantitative estimate of drug-likeness (QED) is 0.406. The van der Waals surface area contributed by atoms with E-state index in [0.29, 0.717) is 33.7 Å². The molecular formula is C22H23ClN4O2S. The van der Waals surface area contributed by atoms with E-state index in [-0.39, 0.29) is 23.9 Å². The van der Waals surface area contributed by atoms with E-state index < -0.39 is 0 Å². The summed E-state index contributed by atoms with van der Waals surface area (Å²) in [6.07, 6.45) is 0.714. The normalized spacial score (nSPS) is 10.8. The summed E-state index contributed by atoms with van der Waals surface area (Å²) >= 11 is 7.43. The number of thioether (sulfide) groups is 1. The number of nitrogens with zero attached hydrogens (tertiary/aromatic N) is 3. The zero-order chi connectivity index (χ0) is 21.7. The number of carbonyl (C=O) groups is 2. The third-order valence-corrected chi connectivity index (χ3v) is 6.09. The maximum atomic E-state index is 12.3. The zero-order valence-corrected chi connectivity index (χ0v) is 18.7. The molecule has 0 unspecified atom stereocenters. The van der Waals surface area contributed by atoms with Crippen molar-refractivity contribution in [1.82, 2.24) is 14.8 Å². The minimum Gasteiger partial charge on any atom is -0.326 e. The fourth-order valence-electron chi connectivity index (χ4n) is 2.76. The monoisotopic (exact) mass is 442 g/mol. The minimum atomic E-state index is -0.123. The van der Waals surface area contributed by atoms with Gasteiger partial charge in [0, 0.05) is 36.2 Å². The van der Waals surface area contributed by atoms with Gasteiger partial charge in [-0.3, -0.25) is 9.59 Å². The molecule has 0 atom stereocenters. The number of rotatable bonds is 8. The van der Waals surface area contributed by atoms with E-state index in [1.807, 2.05) is 61.9 Å². The molecule has 1 aromatic heterocycles. The van der Waals surface area contributed by atoms with Gasteiger partial charge in [0.15, 0.2) is 10.9 Å². The van der Waals surface area contributed by atoms with Crippen molar-refractivity contribution >= 4 is 40.7 Å². The Balaban J connectivity index is 1.52. The first-order valence-corrected chi connectivity index (χ1v) is 10.9. The summed E-state index contributed by atoms with van der Waals surface area (Å²) in [4.78, 5) is 24.6. The van der Waals surface area contributed by atoms with E-state index >= 15 is 0 Å². The number of hydrogen-bond acceptors (Lipinski definition) is 5. The van der Waals surface area contributed by atoms with Gasteiger partial charge in [-0.05, 0) is 31.5 Å². The molecule has 0 fully saturated rings. The lowest BCUT2D eigenvalue weighted by molar-refractivity contribution is -0.116. The number of hydrogen-bond donors (Lipinski definition) is 1. The first-order valence-electron chi connectivity index (χ1n) is 9.50. The van der Waals surface area contributed by atoms with Gasteiger partial charge in [0.1, 0.15) is 5.82 Å². The fourth-order valence-corrected chi connectivity index (χ4v) is 3.77. The van der Waals surface area contributed by atoms with Crippen molar-refractivity contribution in [3.63, 3.8) is 0 Å². The summed E-state index contributed by atoms with van der Waals surface area (Å²) in [5.74, 6) is 0.892. The molecule has 0 aliphatic heterocycles. The van der Waals surface area contributed by atoms with Gasteiger partial charge < -0.3 is 9.88 Å². The van der Waals surface area contributed by atoms with Gasteiger partial charge in [-0.1, -0.05) is 59.3 Å². The van der Waals surface area contributed by atoms with Crippen LogP contribution in [-0.4, -0.2) is 32.2 Å². The van der Waals surface area contributed by atoms with Crippen LogP contribution >= 0.6 is 23.4 Å². The Kier molecular flexibility index (Phi) is 7.29. The van der Waals surface area contributed by atoms with E-state index in [2.05, 4.69) is 15.5 Å².